The first kappa shape index (κ1) is 20.6. The molecule has 0 fully saturated rings. The summed E-state index contributed by atoms with van der Waals surface area (Å²) < 4.78 is 0. The molecule has 0 atom stereocenters. The van der Waals surface area contributed by atoms with Gasteiger partial charge in [0.05, 0.1) is 36.5 Å². The summed E-state index contributed by atoms with van der Waals surface area (Å²) in [5, 5.41) is 5.30. The van der Waals surface area contributed by atoms with Gasteiger partial charge in [-0.05, 0) is 24.3 Å². The van der Waals surface area contributed by atoms with Crippen molar-refractivity contribution in [2.24, 2.45) is 10.7 Å². The number of guanidine groups is 1. The summed E-state index contributed by atoms with van der Waals surface area (Å²) in [5.41, 5.74) is 7.07. The van der Waals surface area contributed by atoms with Gasteiger partial charge in [0, 0.05) is 12.1 Å². The predicted molar refractivity (Wildman–Crippen MR) is 111 cm³/mol. The summed E-state index contributed by atoms with van der Waals surface area (Å²) >= 11 is 36.2. The van der Waals surface area contributed by atoms with E-state index in [-0.39, 0.29) is 12.6 Å². The molecule has 0 saturated carbocycles. The molecule has 2 aromatic carbocycles. The van der Waals surface area contributed by atoms with E-state index in [0.29, 0.717) is 41.5 Å². The summed E-state index contributed by atoms with van der Waals surface area (Å²) in [5.74, 6) is 0.203. The number of aliphatic imine (C=N–C) groups is 1. The molecule has 134 valence electrons. The van der Waals surface area contributed by atoms with E-state index in [0.717, 1.165) is 0 Å². The summed E-state index contributed by atoms with van der Waals surface area (Å²) in [4.78, 5) is 5.80. The van der Waals surface area contributed by atoms with E-state index < -0.39 is 0 Å². The highest BCUT2D eigenvalue weighted by Gasteiger charge is 2.13. The highest BCUT2D eigenvalue weighted by Crippen LogP contribution is 2.35. The number of hydrogen-bond acceptors (Lipinski definition) is 2. The lowest BCUT2D eigenvalue weighted by Gasteiger charge is -2.20. The van der Waals surface area contributed by atoms with Crippen LogP contribution in [-0.2, 0) is 0 Å². The molecule has 0 unspecified atom stereocenters. The molecule has 0 saturated heterocycles. The molecule has 0 radical (unpaired) electrons. The van der Waals surface area contributed by atoms with Crippen LogP contribution in [0, 0.1) is 0 Å². The molecule has 0 amide bonds. The minimum atomic E-state index is 0.135. The zero-order chi connectivity index (χ0) is 18.7. The molecule has 0 heterocycles. The molecule has 0 aliphatic rings. The van der Waals surface area contributed by atoms with Gasteiger partial charge in [0.2, 0.25) is 0 Å². The van der Waals surface area contributed by atoms with Crippen molar-refractivity contribution in [2.75, 3.05) is 23.9 Å². The van der Waals surface area contributed by atoms with Crippen LogP contribution in [0.3, 0.4) is 0 Å². The molecule has 0 bridgehead atoms. The lowest BCUT2D eigenvalue weighted by atomic mass is 10.3. The molecule has 0 spiro atoms. The number of benzene rings is 2. The Morgan fingerprint density at radius 1 is 0.920 bits per heavy atom. The van der Waals surface area contributed by atoms with E-state index in [1.807, 2.05) is 0 Å². The van der Waals surface area contributed by atoms with Crippen molar-refractivity contribution in [3.63, 3.8) is 0 Å². The molecule has 25 heavy (non-hydrogen) atoms. The van der Waals surface area contributed by atoms with Crippen molar-refractivity contribution in [1.82, 2.24) is 0 Å². The van der Waals surface area contributed by atoms with Crippen LogP contribution in [0.25, 0.3) is 0 Å². The Hall–Kier alpha value is -0.750. The summed E-state index contributed by atoms with van der Waals surface area (Å²) in [7, 11) is 1.70. The zero-order valence-electron chi connectivity index (χ0n) is 12.8. The Kier molecular flexibility index (Phi) is 7.20. The molecule has 2 rings (SSSR count). The van der Waals surface area contributed by atoms with Crippen LogP contribution in [0.5, 0.6) is 0 Å². The third-order valence-electron chi connectivity index (χ3n) is 3.20. The van der Waals surface area contributed by atoms with E-state index in [1.165, 1.54) is 6.07 Å². The lowest BCUT2D eigenvalue weighted by Crippen LogP contribution is -2.34. The van der Waals surface area contributed by atoms with Crippen LogP contribution >= 0.6 is 69.6 Å². The molecule has 10 heteroatoms. The van der Waals surface area contributed by atoms with Crippen molar-refractivity contribution in [1.29, 1.82) is 0 Å². The number of halogens is 6. The van der Waals surface area contributed by atoms with Crippen LogP contribution in [0.15, 0.2) is 29.3 Å². The molecule has 0 aliphatic carbocycles. The predicted octanol–water partition coefficient (Wildman–Crippen LogP) is 6.43. The van der Waals surface area contributed by atoms with Crippen molar-refractivity contribution in [3.05, 3.63) is 54.4 Å². The van der Waals surface area contributed by atoms with E-state index in [1.54, 1.807) is 30.1 Å². The molecule has 0 aromatic heterocycles. The quantitative estimate of drug-likeness (QED) is 0.314. The Morgan fingerprint density at radius 3 is 2.08 bits per heavy atom. The van der Waals surface area contributed by atoms with Gasteiger partial charge in [-0.15, -0.1) is 0 Å². The van der Waals surface area contributed by atoms with Crippen LogP contribution in [0.2, 0.25) is 30.1 Å². The molecular weight excluding hydrogens is 449 g/mol. The Balaban J connectivity index is 2.13. The Bertz CT molecular complexity index is 801. The normalized spacial score (nSPS) is 11.6. The second kappa shape index (κ2) is 8.76. The van der Waals surface area contributed by atoms with Gasteiger partial charge in [-0.2, -0.15) is 0 Å². The Labute approximate surface area is 175 Å². The van der Waals surface area contributed by atoms with Crippen molar-refractivity contribution in [3.8, 4) is 0 Å². The summed E-state index contributed by atoms with van der Waals surface area (Å²) in [6.45, 7) is 0.135. The molecule has 0 aliphatic heterocycles. The van der Waals surface area contributed by atoms with Crippen LogP contribution < -0.4 is 16.0 Å². The molecule has 3 N–H and O–H groups in total. The first-order valence-electron chi connectivity index (χ1n) is 6.77. The van der Waals surface area contributed by atoms with Crippen LogP contribution in [-0.4, -0.2) is 19.7 Å². The van der Waals surface area contributed by atoms with Gasteiger partial charge in [0.25, 0.3) is 0 Å². The van der Waals surface area contributed by atoms with Crippen LogP contribution in [0.4, 0.5) is 11.4 Å². The van der Waals surface area contributed by atoms with Gasteiger partial charge in [0.1, 0.15) is 6.67 Å². The maximum Gasteiger partial charge on any atom is 0.197 e. The second-order valence-electron chi connectivity index (χ2n) is 4.87. The van der Waals surface area contributed by atoms with Gasteiger partial charge in [0.15, 0.2) is 5.96 Å². The monoisotopic (exact) mass is 458 g/mol. The minimum Gasteiger partial charge on any atom is -0.369 e. The highest BCUT2D eigenvalue weighted by atomic mass is 35.5. The zero-order valence-corrected chi connectivity index (χ0v) is 17.3. The lowest BCUT2D eigenvalue weighted by molar-refractivity contribution is 1.09. The maximum absolute atomic E-state index is 6.17. The fourth-order valence-corrected chi connectivity index (χ4v) is 3.53. The summed E-state index contributed by atoms with van der Waals surface area (Å²) in [6.07, 6.45) is 0. The van der Waals surface area contributed by atoms with Gasteiger partial charge in [-0.25, -0.2) is 4.99 Å². The van der Waals surface area contributed by atoms with Crippen molar-refractivity contribution in [2.45, 2.75) is 0 Å². The fourth-order valence-electron chi connectivity index (χ4n) is 1.91. The number of hydrogen-bond donors (Lipinski definition) is 2. The van der Waals surface area contributed by atoms with Crippen molar-refractivity contribution >= 4 is 86.9 Å². The average Bonchev–Trinajstić information content (AvgIpc) is 2.52. The SMILES string of the molecule is CN(C(N)=NCNc1c(Cl)cc(Cl)cc1Cl)c1cc(Cl)c(Cl)cc1Cl. The van der Waals surface area contributed by atoms with Crippen LogP contribution in [0.1, 0.15) is 0 Å². The van der Waals surface area contributed by atoms with Gasteiger partial charge < -0.3 is 16.0 Å². The van der Waals surface area contributed by atoms with Crippen molar-refractivity contribution < 1.29 is 0 Å². The third-order valence-corrected chi connectivity index (χ3v) is 5.04. The molecular formula is C15H12Cl6N4. The minimum absolute atomic E-state index is 0.135. The highest BCUT2D eigenvalue weighted by molar-refractivity contribution is 6.44. The van der Waals surface area contributed by atoms with Gasteiger partial charge >= 0.3 is 0 Å². The molecule has 2 aromatic rings. The first-order chi connectivity index (χ1) is 11.7. The Morgan fingerprint density at radius 2 is 1.48 bits per heavy atom. The smallest absolute Gasteiger partial charge is 0.197 e. The first-order valence-corrected chi connectivity index (χ1v) is 9.04. The van der Waals surface area contributed by atoms with Gasteiger partial charge in [-0.1, -0.05) is 69.6 Å². The van der Waals surface area contributed by atoms with Gasteiger partial charge in [-0.3, -0.25) is 0 Å². The number of rotatable bonds is 4. The number of nitrogens with zero attached hydrogens (tertiary/aromatic N) is 2. The van der Waals surface area contributed by atoms with E-state index in [2.05, 4.69) is 10.3 Å². The number of anilines is 2. The molecule has 4 nitrogen and oxygen atoms in total. The third kappa shape index (κ3) is 5.13. The van der Waals surface area contributed by atoms with E-state index >= 15 is 0 Å². The average molecular weight is 461 g/mol. The second-order valence-corrected chi connectivity index (χ2v) is 7.34. The standard InChI is InChI=1S/C15H12Cl6N4/c1-25(13-5-9(18)8(17)4-10(13)19)15(22)24-6-23-14-11(20)2-7(16)3-12(14)21/h2-5,23H,6H2,1H3,(H2,22,24). The largest absolute Gasteiger partial charge is 0.369 e. The number of nitrogens with one attached hydrogen (secondary N) is 1. The maximum atomic E-state index is 6.17. The number of nitrogens with two attached hydrogens (primary N) is 1. The van der Waals surface area contributed by atoms with E-state index in [4.69, 9.17) is 75.3 Å². The topological polar surface area (TPSA) is 53.6 Å². The van der Waals surface area contributed by atoms with E-state index in [9.17, 15) is 0 Å². The fraction of sp³-hybridized carbons (Fsp3) is 0.133. The summed E-state index contributed by atoms with van der Waals surface area (Å²) in [6, 6.07) is 6.29.